The lowest BCUT2D eigenvalue weighted by atomic mass is 10.1. The van der Waals surface area contributed by atoms with E-state index in [1.165, 1.54) is 12.1 Å². The van der Waals surface area contributed by atoms with Gasteiger partial charge in [-0.3, -0.25) is 4.79 Å². The predicted octanol–water partition coefficient (Wildman–Crippen LogP) is 3.58. The summed E-state index contributed by atoms with van der Waals surface area (Å²) in [5, 5.41) is 11.7. The quantitative estimate of drug-likeness (QED) is 0.885. The molecule has 98 valence electrons. The summed E-state index contributed by atoms with van der Waals surface area (Å²) in [6, 6.07) is 6.60. The van der Waals surface area contributed by atoms with Gasteiger partial charge in [-0.25, -0.2) is 8.78 Å². The lowest BCUT2D eigenvalue weighted by molar-refractivity contribution is 0.102. The lowest BCUT2D eigenvalue weighted by Gasteiger charge is -2.07. The molecule has 6 heteroatoms. The zero-order chi connectivity index (χ0) is 14.0. The van der Waals surface area contributed by atoms with Crippen LogP contribution in [0.25, 0.3) is 0 Å². The Labute approximate surface area is 112 Å². The van der Waals surface area contributed by atoms with Crippen molar-refractivity contribution in [2.45, 2.75) is 0 Å². The van der Waals surface area contributed by atoms with Gasteiger partial charge < -0.3 is 10.4 Å². The fourth-order valence-corrected chi connectivity index (χ4v) is 1.64. The van der Waals surface area contributed by atoms with Crippen LogP contribution in [0.2, 0.25) is 5.02 Å². The molecular formula is C13H8ClF2NO2. The average Bonchev–Trinajstić information content (AvgIpc) is 2.36. The van der Waals surface area contributed by atoms with Crippen molar-refractivity contribution in [2.75, 3.05) is 5.32 Å². The first-order valence-electron chi connectivity index (χ1n) is 5.22. The van der Waals surface area contributed by atoms with Crippen LogP contribution in [0.15, 0.2) is 36.4 Å². The van der Waals surface area contributed by atoms with Crippen molar-refractivity contribution in [1.29, 1.82) is 0 Å². The third-order valence-electron chi connectivity index (χ3n) is 2.38. The van der Waals surface area contributed by atoms with E-state index >= 15 is 0 Å². The number of nitrogens with one attached hydrogen (secondary N) is 1. The normalized spacial score (nSPS) is 10.3. The van der Waals surface area contributed by atoms with Gasteiger partial charge in [-0.05, 0) is 36.4 Å². The van der Waals surface area contributed by atoms with Crippen LogP contribution in [0, 0.1) is 11.6 Å². The summed E-state index contributed by atoms with van der Waals surface area (Å²) in [4.78, 5) is 11.8. The van der Waals surface area contributed by atoms with E-state index in [1.807, 2.05) is 0 Å². The van der Waals surface area contributed by atoms with Gasteiger partial charge in [0.2, 0.25) is 0 Å². The van der Waals surface area contributed by atoms with Gasteiger partial charge in [-0.2, -0.15) is 0 Å². The number of hydrogen-bond acceptors (Lipinski definition) is 2. The minimum absolute atomic E-state index is 0.152. The number of rotatable bonds is 2. The van der Waals surface area contributed by atoms with E-state index in [4.69, 9.17) is 11.6 Å². The Hall–Kier alpha value is -2.14. The van der Waals surface area contributed by atoms with E-state index in [0.29, 0.717) is 0 Å². The molecule has 2 rings (SSSR count). The van der Waals surface area contributed by atoms with Gasteiger partial charge >= 0.3 is 0 Å². The highest BCUT2D eigenvalue weighted by molar-refractivity contribution is 6.31. The fourth-order valence-electron chi connectivity index (χ4n) is 1.46. The third-order valence-corrected chi connectivity index (χ3v) is 2.67. The molecule has 0 aromatic heterocycles. The van der Waals surface area contributed by atoms with Crippen LogP contribution in [-0.2, 0) is 0 Å². The highest BCUT2D eigenvalue weighted by Crippen LogP contribution is 2.22. The molecule has 0 saturated heterocycles. The summed E-state index contributed by atoms with van der Waals surface area (Å²) < 4.78 is 25.9. The Morgan fingerprint density at radius 2 is 1.89 bits per heavy atom. The number of benzene rings is 2. The first kappa shape index (κ1) is 13.3. The van der Waals surface area contributed by atoms with Gasteiger partial charge in [0.05, 0.1) is 10.6 Å². The van der Waals surface area contributed by atoms with Crippen LogP contribution in [0.3, 0.4) is 0 Å². The molecule has 0 aliphatic heterocycles. The van der Waals surface area contributed by atoms with Crippen molar-refractivity contribution in [1.82, 2.24) is 0 Å². The van der Waals surface area contributed by atoms with Crippen LogP contribution < -0.4 is 5.32 Å². The maximum absolute atomic E-state index is 13.0. The Bertz CT molecular complexity index is 647. The molecule has 0 aliphatic carbocycles. The minimum Gasteiger partial charge on any atom is -0.507 e. The average molecular weight is 284 g/mol. The first-order valence-corrected chi connectivity index (χ1v) is 5.60. The van der Waals surface area contributed by atoms with Crippen molar-refractivity contribution in [3.05, 3.63) is 58.6 Å². The molecule has 0 spiro atoms. The maximum Gasteiger partial charge on any atom is 0.259 e. The summed E-state index contributed by atoms with van der Waals surface area (Å²) in [6.07, 6.45) is 0. The molecule has 0 radical (unpaired) electrons. The Kier molecular flexibility index (Phi) is 3.66. The largest absolute Gasteiger partial charge is 0.507 e. The molecular weight excluding hydrogens is 276 g/mol. The van der Waals surface area contributed by atoms with Crippen molar-refractivity contribution < 1.29 is 18.7 Å². The molecule has 19 heavy (non-hydrogen) atoms. The molecule has 3 nitrogen and oxygen atoms in total. The zero-order valence-corrected chi connectivity index (χ0v) is 10.2. The molecule has 0 atom stereocenters. The topological polar surface area (TPSA) is 49.3 Å². The number of hydrogen-bond donors (Lipinski definition) is 2. The number of phenolic OH excluding ortho intramolecular Hbond substituents is 1. The molecule has 2 N–H and O–H groups in total. The summed E-state index contributed by atoms with van der Waals surface area (Å²) in [6.45, 7) is 0. The predicted molar refractivity (Wildman–Crippen MR) is 67.4 cm³/mol. The number of carbonyl (C=O) groups excluding carboxylic acids is 1. The van der Waals surface area contributed by atoms with Crippen molar-refractivity contribution in [3.8, 4) is 5.75 Å². The minimum atomic E-state index is -0.723. The van der Waals surface area contributed by atoms with Gasteiger partial charge in [-0.15, -0.1) is 0 Å². The van der Waals surface area contributed by atoms with Crippen molar-refractivity contribution >= 4 is 23.2 Å². The molecule has 0 heterocycles. The standard InChI is InChI=1S/C13H8ClF2NO2/c14-10-6-8(2-3-11(10)16)17-13(19)9-5-7(15)1-4-12(9)18/h1-6,18H,(H,17,19). The lowest BCUT2D eigenvalue weighted by Crippen LogP contribution is -2.12. The van der Waals surface area contributed by atoms with Crippen molar-refractivity contribution in [2.24, 2.45) is 0 Å². The number of halogens is 3. The van der Waals surface area contributed by atoms with Crippen LogP contribution in [-0.4, -0.2) is 11.0 Å². The third kappa shape index (κ3) is 3.00. The van der Waals surface area contributed by atoms with Gasteiger partial charge in [0, 0.05) is 5.69 Å². The molecule has 0 saturated carbocycles. The Balaban J connectivity index is 2.25. The Morgan fingerprint density at radius 3 is 2.58 bits per heavy atom. The monoisotopic (exact) mass is 283 g/mol. The van der Waals surface area contributed by atoms with Gasteiger partial charge in [0.1, 0.15) is 17.4 Å². The summed E-state index contributed by atoms with van der Waals surface area (Å²) in [7, 11) is 0. The SMILES string of the molecule is O=C(Nc1ccc(F)c(Cl)c1)c1cc(F)ccc1O. The van der Waals surface area contributed by atoms with Crippen LogP contribution in [0.5, 0.6) is 5.75 Å². The van der Waals surface area contributed by atoms with Crippen LogP contribution in [0.4, 0.5) is 14.5 Å². The number of carbonyl (C=O) groups is 1. The first-order chi connectivity index (χ1) is 8.97. The van der Waals surface area contributed by atoms with Gasteiger partial charge in [0.15, 0.2) is 0 Å². The zero-order valence-electron chi connectivity index (χ0n) is 9.45. The highest BCUT2D eigenvalue weighted by Gasteiger charge is 2.13. The maximum atomic E-state index is 13.0. The summed E-state index contributed by atoms with van der Waals surface area (Å²) in [5.74, 6) is -2.35. The van der Waals surface area contributed by atoms with E-state index in [-0.39, 0.29) is 22.0 Å². The number of phenols is 1. The van der Waals surface area contributed by atoms with Gasteiger partial charge in [0.25, 0.3) is 5.91 Å². The second-order valence-electron chi connectivity index (χ2n) is 3.74. The fraction of sp³-hybridized carbons (Fsp3) is 0. The molecule has 2 aromatic rings. The number of aromatic hydroxyl groups is 1. The van der Waals surface area contributed by atoms with E-state index in [9.17, 15) is 18.7 Å². The second kappa shape index (κ2) is 5.24. The summed E-state index contributed by atoms with van der Waals surface area (Å²) >= 11 is 5.56. The molecule has 1 amide bonds. The second-order valence-corrected chi connectivity index (χ2v) is 4.15. The summed E-state index contributed by atoms with van der Waals surface area (Å²) in [5.41, 5.74) is 0.0144. The smallest absolute Gasteiger partial charge is 0.259 e. The number of amides is 1. The van der Waals surface area contributed by atoms with E-state index in [0.717, 1.165) is 24.3 Å². The molecule has 0 fully saturated rings. The van der Waals surface area contributed by atoms with E-state index < -0.39 is 17.5 Å². The Morgan fingerprint density at radius 1 is 1.16 bits per heavy atom. The van der Waals surface area contributed by atoms with E-state index in [2.05, 4.69) is 5.32 Å². The number of anilines is 1. The molecule has 0 unspecified atom stereocenters. The molecule has 0 bridgehead atoms. The van der Waals surface area contributed by atoms with Gasteiger partial charge in [-0.1, -0.05) is 11.6 Å². The van der Waals surface area contributed by atoms with Crippen LogP contribution in [0.1, 0.15) is 10.4 Å². The molecule has 2 aromatic carbocycles. The van der Waals surface area contributed by atoms with Crippen molar-refractivity contribution in [3.63, 3.8) is 0 Å². The highest BCUT2D eigenvalue weighted by atomic mass is 35.5. The molecule has 0 aliphatic rings. The van der Waals surface area contributed by atoms with E-state index in [1.54, 1.807) is 0 Å². The van der Waals surface area contributed by atoms with Crippen LogP contribution >= 0.6 is 11.6 Å².